The van der Waals surface area contributed by atoms with E-state index < -0.39 is 5.97 Å². The molecule has 0 bridgehead atoms. The first-order valence-electron chi connectivity index (χ1n) is 10.1. The minimum absolute atomic E-state index is 0.192. The number of hydrogen-bond acceptors (Lipinski definition) is 4. The first-order chi connectivity index (χ1) is 15.1. The fourth-order valence-electron chi connectivity index (χ4n) is 3.63. The Bertz CT molecular complexity index is 1110. The molecule has 3 aromatic rings. The lowest BCUT2D eigenvalue weighted by atomic mass is 10.1. The fraction of sp³-hybridized carbons (Fsp3) is 0.160. The van der Waals surface area contributed by atoms with Crippen LogP contribution in [0.15, 0.2) is 78.9 Å². The standard InChI is InChI=1S/C25H22N2O4/c28-23(16-18-8-2-1-3-9-18)26-21-12-6-5-11-20(21)25(30)31-17-24(29)27-15-14-19-10-4-7-13-22(19)27/h1-13H,14-17H2,(H,26,28). The zero-order valence-corrected chi connectivity index (χ0v) is 16.9. The van der Waals surface area contributed by atoms with Gasteiger partial charge in [-0.3, -0.25) is 9.59 Å². The van der Waals surface area contributed by atoms with Crippen LogP contribution in [0.4, 0.5) is 11.4 Å². The monoisotopic (exact) mass is 414 g/mol. The quantitative estimate of drug-likeness (QED) is 0.625. The van der Waals surface area contributed by atoms with E-state index in [1.165, 1.54) is 0 Å². The van der Waals surface area contributed by atoms with E-state index in [2.05, 4.69) is 5.32 Å². The number of ether oxygens (including phenoxy) is 1. The lowest BCUT2D eigenvalue weighted by molar-refractivity contribution is -0.121. The summed E-state index contributed by atoms with van der Waals surface area (Å²) in [7, 11) is 0. The molecule has 2 amide bonds. The minimum Gasteiger partial charge on any atom is -0.452 e. The van der Waals surface area contributed by atoms with Crippen LogP contribution < -0.4 is 10.2 Å². The van der Waals surface area contributed by atoms with Crippen LogP contribution >= 0.6 is 0 Å². The normalized spacial score (nSPS) is 12.2. The van der Waals surface area contributed by atoms with Gasteiger partial charge in [0, 0.05) is 12.2 Å². The number of carbonyl (C=O) groups excluding carboxylic acids is 3. The number of hydrogen-bond donors (Lipinski definition) is 1. The Labute approximate surface area is 180 Å². The van der Waals surface area contributed by atoms with Crippen molar-refractivity contribution in [2.75, 3.05) is 23.4 Å². The molecule has 0 aromatic heterocycles. The highest BCUT2D eigenvalue weighted by Crippen LogP contribution is 2.27. The highest BCUT2D eigenvalue weighted by atomic mass is 16.5. The van der Waals surface area contributed by atoms with Gasteiger partial charge in [-0.1, -0.05) is 60.7 Å². The van der Waals surface area contributed by atoms with Gasteiger partial charge in [0.25, 0.3) is 5.91 Å². The fourth-order valence-corrected chi connectivity index (χ4v) is 3.63. The van der Waals surface area contributed by atoms with Crippen LogP contribution in [-0.4, -0.2) is 30.9 Å². The Kier molecular flexibility index (Phi) is 6.08. The second-order valence-electron chi connectivity index (χ2n) is 7.26. The summed E-state index contributed by atoms with van der Waals surface area (Å²) in [4.78, 5) is 39.2. The summed E-state index contributed by atoms with van der Waals surface area (Å²) in [6, 6.07) is 23.6. The summed E-state index contributed by atoms with van der Waals surface area (Å²) in [5, 5.41) is 2.76. The third-order valence-corrected chi connectivity index (χ3v) is 5.14. The van der Waals surface area contributed by atoms with Crippen molar-refractivity contribution in [3.63, 3.8) is 0 Å². The van der Waals surface area contributed by atoms with Crippen molar-refractivity contribution in [1.82, 2.24) is 0 Å². The van der Waals surface area contributed by atoms with E-state index >= 15 is 0 Å². The van der Waals surface area contributed by atoms with Gasteiger partial charge in [-0.15, -0.1) is 0 Å². The number of rotatable bonds is 6. The van der Waals surface area contributed by atoms with Crippen molar-refractivity contribution in [1.29, 1.82) is 0 Å². The average Bonchev–Trinajstić information content (AvgIpc) is 3.22. The highest BCUT2D eigenvalue weighted by molar-refractivity contribution is 6.03. The van der Waals surface area contributed by atoms with Gasteiger partial charge >= 0.3 is 5.97 Å². The maximum atomic E-state index is 12.6. The van der Waals surface area contributed by atoms with Gasteiger partial charge in [0.15, 0.2) is 6.61 Å². The van der Waals surface area contributed by atoms with Crippen molar-refractivity contribution in [2.24, 2.45) is 0 Å². The molecule has 156 valence electrons. The van der Waals surface area contributed by atoms with Crippen LogP contribution in [-0.2, 0) is 27.2 Å². The maximum Gasteiger partial charge on any atom is 0.340 e. The van der Waals surface area contributed by atoms with Crippen molar-refractivity contribution >= 4 is 29.2 Å². The highest BCUT2D eigenvalue weighted by Gasteiger charge is 2.25. The smallest absolute Gasteiger partial charge is 0.340 e. The molecule has 0 radical (unpaired) electrons. The predicted octanol–water partition coefficient (Wildman–Crippen LogP) is 3.61. The molecule has 3 aromatic carbocycles. The van der Waals surface area contributed by atoms with Crippen molar-refractivity contribution in [2.45, 2.75) is 12.8 Å². The molecular weight excluding hydrogens is 392 g/mol. The summed E-state index contributed by atoms with van der Waals surface area (Å²) in [5.74, 6) is -1.17. The molecule has 1 aliphatic heterocycles. The number of benzene rings is 3. The van der Waals surface area contributed by atoms with Gasteiger partial charge < -0.3 is 15.0 Å². The number of nitrogens with one attached hydrogen (secondary N) is 1. The van der Waals surface area contributed by atoms with Crippen LogP contribution in [0.5, 0.6) is 0 Å². The van der Waals surface area contributed by atoms with Gasteiger partial charge in [0.1, 0.15) is 0 Å². The molecule has 1 N–H and O–H groups in total. The molecule has 4 rings (SSSR count). The lowest BCUT2D eigenvalue weighted by Gasteiger charge is -2.17. The number of para-hydroxylation sites is 2. The van der Waals surface area contributed by atoms with Gasteiger partial charge in [0.2, 0.25) is 5.91 Å². The molecular formula is C25H22N2O4. The molecule has 6 heteroatoms. The molecule has 1 heterocycles. The van der Waals surface area contributed by atoms with Crippen LogP contribution in [0.25, 0.3) is 0 Å². The van der Waals surface area contributed by atoms with Crippen molar-refractivity contribution in [3.8, 4) is 0 Å². The topological polar surface area (TPSA) is 75.7 Å². The number of fused-ring (bicyclic) bond motifs is 1. The van der Waals surface area contributed by atoms with Gasteiger partial charge in [-0.05, 0) is 35.7 Å². The molecule has 6 nitrogen and oxygen atoms in total. The SMILES string of the molecule is O=C(Cc1ccccc1)Nc1ccccc1C(=O)OCC(=O)N1CCc2ccccc21. The number of carbonyl (C=O) groups is 3. The summed E-state index contributed by atoms with van der Waals surface area (Å²) in [6.07, 6.45) is 0.975. The van der Waals surface area contributed by atoms with E-state index in [1.807, 2.05) is 54.6 Å². The first-order valence-corrected chi connectivity index (χ1v) is 10.1. The zero-order chi connectivity index (χ0) is 21.6. The van der Waals surface area contributed by atoms with Gasteiger partial charge in [0.05, 0.1) is 17.7 Å². The Balaban J connectivity index is 1.38. The van der Waals surface area contributed by atoms with E-state index in [9.17, 15) is 14.4 Å². The first kappa shape index (κ1) is 20.3. The number of nitrogens with zero attached hydrogens (tertiary/aromatic N) is 1. The molecule has 0 spiro atoms. The van der Waals surface area contributed by atoms with Gasteiger partial charge in [-0.2, -0.15) is 0 Å². The second kappa shape index (κ2) is 9.26. The Morgan fingerprint density at radius 2 is 1.58 bits per heavy atom. The lowest BCUT2D eigenvalue weighted by Crippen LogP contribution is -2.33. The third-order valence-electron chi connectivity index (χ3n) is 5.14. The Hall–Kier alpha value is -3.93. The van der Waals surface area contributed by atoms with Crippen molar-refractivity contribution in [3.05, 3.63) is 95.6 Å². The molecule has 0 unspecified atom stereocenters. The molecule has 0 fully saturated rings. The van der Waals surface area contributed by atoms with Crippen LogP contribution in [0, 0.1) is 0 Å². The summed E-state index contributed by atoms with van der Waals surface area (Å²) in [5.41, 5.74) is 3.40. The number of anilines is 2. The predicted molar refractivity (Wildman–Crippen MR) is 118 cm³/mol. The largest absolute Gasteiger partial charge is 0.452 e. The molecule has 0 saturated heterocycles. The Morgan fingerprint density at radius 1 is 0.871 bits per heavy atom. The molecule has 0 saturated carbocycles. The summed E-state index contributed by atoms with van der Waals surface area (Å²) in [6.45, 7) is 0.210. The average molecular weight is 414 g/mol. The molecule has 31 heavy (non-hydrogen) atoms. The minimum atomic E-state index is -0.656. The number of esters is 1. The van der Waals surface area contributed by atoms with E-state index in [0.29, 0.717) is 12.2 Å². The van der Waals surface area contributed by atoms with Crippen LogP contribution in [0.2, 0.25) is 0 Å². The van der Waals surface area contributed by atoms with E-state index in [1.54, 1.807) is 29.2 Å². The maximum absolute atomic E-state index is 12.6. The van der Waals surface area contributed by atoms with Crippen LogP contribution in [0.3, 0.4) is 0 Å². The summed E-state index contributed by atoms with van der Waals surface area (Å²) >= 11 is 0. The Morgan fingerprint density at radius 3 is 2.42 bits per heavy atom. The molecule has 0 aliphatic carbocycles. The van der Waals surface area contributed by atoms with Crippen LogP contribution in [0.1, 0.15) is 21.5 Å². The summed E-state index contributed by atoms with van der Waals surface area (Å²) < 4.78 is 5.28. The van der Waals surface area contributed by atoms with E-state index in [4.69, 9.17) is 4.74 Å². The van der Waals surface area contributed by atoms with E-state index in [0.717, 1.165) is 23.2 Å². The number of amides is 2. The molecule has 0 atom stereocenters. The van der Waals surface area contributed by atoms with Crippen molar-refractivity contribution < 1.29 is 19.1 Å². The second-order valence-corrected chi connectivity index (χ2v) is 7.26. The zero-order valence-electron chi connectivity index (χ0n) is 16.9. The van der Waals surface area contributed by atoms with Gasteiger partial charge in [-0.25, -0.2) is 4.79 Å². The van der Waals surface area contributed by atoms with E-state index in [-0.39, 0.29) is 30.4 Å². The third kappa shape index (κ3) is 4.80. The molecule has 1 aliphatic rings.